The first-order chi connectivity index (χ1) is 19.6. The Balaban J connectivity index is 1.46. The number of carbonyl (C=O) groups excluding carboxylic acids is 1. The Labute approximate surface area is 245 Å². The molecule has 0 radical (unpaired) electrons. The van der Waals surface area contributed by atoms with Crippen LogP contribution < -0.4 is 13.9 Å². The lowest BCUT2D eigenvalue weighted by Crippen LogP contribution is -2.43. The van der Waals surface area contributed by atoms with Gasteiger partial charge in [0.05, 0.1) is 17.7 Å². The van der Waals surface area contributed by atoms with Crippen molar-refractivity contribution >= 4 is 27.2 Å². The molecule has 0 saturated carbocycles. The van der Waals surface area contributed by atoms with Gasteiger partial charge in [0.25, 0.3) is 10.0 Å². The number of sulfonamides is 1. The predicted molar refractivity (Wildman–Crippen MR) is 166 cm³/mol. The smallest absolute Gasteiger partial charge is 0.264 e. The number of likely N-dealkylation sites (tertiary alicyclic amines) is 1. The van der Waals surface area contributed by atoms with Crippen molar-refractivity contribution in [3.05, 3.63) is 83.9 Å². The average Bonchev–Trinajstić information content (AvgIpc) is 2.97. The molecule has 1 heterocycles. The van der Waals surface area contributed by atoms with Crippen LogP contribution in [0.1, 0.15) is 28.8 Å². The van der Waals surface area contributed by atoms with E-state index < -0.39 is 10.0 Å². The molecule has 0 N–H and O–H groups in total. The van der Waals surface area contributed by atoms with Crippen molar-refractivity contribution in [2.45, 2.75) is 24.3 Å². The Morgan fingerprint density at radius 1 is 0.902 bits per heavy atom. The van der Waals surface area contributed by atoms with E-state index >= 15 is 0 Å². The highest BCUT2D eigenvalue weighted by Crippen LogP contribution is 2.32. The SMILES string of the molecule is COc1ccccc1N(CCN1CCC(C(=O)c2ccc(N(C)C)cc2)CC1)S(=O)(=O)c1ccc(CN(C)C)cc1. The van der Waals surface area contributed by atoms with Crippen molar-refractivity contribution in [2.24, 2.45) is 5.92 Å². The number of nitrogens with zero attached hydrogens (tertiary/aromatic N) is 4. The molecule has 1 aliphatic rings. The number of methoxy groups -OCH3 is 1. The first-order valence-electron chi connectivity index (χ1n) is 14.0. The molecular weight excluding hydrogens is 536 g/mol. The fraction of sp³-hybridized carbons (Fsp3) is 0.406. The molecule has 9 heteroatoms. The summed E-state index contributed by atoms with van der Waals surface area (Å²) in [6.07, 6.45) is 1.51. The van der Waals surface area contributed by atoms with E-state index in [1.54, 1.807) is 31.4 Å². The molecule has 1 aliphatic heterocycles. The minimum absolute atomic E-state index is 0.0220. The first kappa shape index (κ1) is 30.6. The minimum Gasteiger partial charge on any atom is -0.495 e. The maximum Gasteiger partial charge on any atom is 0.264 e. The molecule has 0 aromatic heterocycles. The van der Waals surface area contributed by atoms with E-state index in [2.05, 4.69) is 4.90 Å². The zero-order chi connectivity index (χ0) is 29.6. The summed E-state index contributed by atoms with van der Waals surface area (Å²) >= 11 is 0. The third kappa shape index (κ3) is 7.47. The Bertz CT molecular complexity index is 1400. The van der Waals surface area contributed by atoms with Crippen molar-refractivity contribution < 1.29 is 17.9 Å². The number of ketones is 1. The van der Waals surface area contributed by atoms with Crippen LogP contribution in [0.15, 0.2) is 77.7 Å². The maximum atomic E-state index is 14.0. The summed E-state index contributed by atoms with van der Waals surface area (Å²) in [5, 5.41) is 0. The molecule has 1 saturated heterocycles. The quantitative estimate of drug-likeness (QED) is 0.291. The van der Waals surface area contributed by atoms with E-state index in [4.69, 9.17) is 4.74 Å². The molecule has 3 aromatic rings. The van der Waals surface area contributed by atoms with Gasteiger partial charge in [0.2, 0.25) is 0 Å². The van der Waals surface area contributed by atoms with Crippen molar-refractivity contribution in [1.82, 2.24) is 9.80 Å². The summed E-state index contributed by atoms with van der Waals surface area (Å²) in [5.74, 6) is 0.668. The van der Waals surface area contributed by atoms with Crippen molar-refractivity contribution in [1.29, 1.82) is 0 Å². The number of carbonyl (C=O) groups is 1. The topological polar surface area (TPSA) is 73.4 Å². The van der Waals surface area contributed by atoms with Gasteiger partial charge in [0.15, 0.2) is 5.78 Å². The summed E-state index contributed by atoms with van der Waals surface area (Å²) in [4.78, 5) is 19.7. The van der Waals surface area contributed by atoms with Crippen LogP contribution in [0.5, 0.6) is 5.75 Å². The van der Waals surface area contributed by atoms with Crippen molar-refractivity contribution in [2.75, 3.05) is 70.7 Å². The average molecular weight is 579 g/mol. The van der Waals surface area contributed by atoms with Gasteiger partial charge in [-0.25, -0.2) is 8.42 Å². The summed E-state index contributed by atoms with van der Waals surface area (Å²) in [6.45, 7) is 3.04. The van der Waals surface area contributed by atoms with Crippen LogP contribution >= 0.6 is 0 Å². The lowest BCUT2D eigenvalue weighted by Gasteiger charge is -2.33. The van der Waals surface area contributed by atoms with E-state index in [0.717, 1.165) is 49.3 Å². The third-order valence-corrected chi connectivity index (χ3v) is 9.44. The van der Waals surface area contributed by atoms with Crippen LogP contribution in [0.4, 0.5) is 11.4 Å². The number of piperidine rings is 1. The van der Waals surface area contributed by atoms with Gasteiger partial charge in [0.1, 0.15) is 5.75 Å². The molecule has 0 amide bonds. The lowest BCUT2D eigenvalue weighted by atomic mass is 9.89. The van der Waals surface area contributed by atoms with Gasteiger partial charge in [-0.15, -0.1) is 0 Å². The van der Waals surface area contributed by atoms with Gasteiger partial charge in [-0.1, -0.05) is 24.3 Å². The minimum atomic E-state index is -3.85. The van der Waals surface area contributed by atoms with Gasteiger partial charge in [-0.3, -0.25) is 9.10 Å². The van der Waals surface area contributed by atoms with Crippen LogP contribution in [0.3, 0.4) is 0 Å². The number of anilines is 2. The largest absolute Gasteiger partial charge is 0.495 e. The Morgan fingerprint density at radius 2 is 1.54 bits per heavy atom. The van der Waals surface area contributed by atoms with E-state index in [-0.39, 0.29) is 23.1 Å². The maximum absolute atomic E-state index is 14.0. The zero-order valence-corrected chi connectivity index (χ0v) is 25.6. The van der Waals surface area contributed by atoms with Gasteiger partial charge in [-0.05, 0) is 94.1 Å². The molecule has 0 unspecified atom stereocenters. The predicted octanol–water partition coefficient (Wildman–Crippen LogP) is 4.61. The summed E-state index contributed by atoms with van der Waals surface area (Å²) in [5.41, 5.74) is 3.37. The molecular formula is C32H42N4O4S. The number of Topliss-reactive ketones (excluding diaryl/α,β-unsaturated/α-hetero) is 1. The van der Waals surface area contributed by atoms with Gasteiger partial charge in [-0.2, -0.15) is 0 Å². The monoisotopic (exact) mass is 578 g/mol. The number of hydrogen-bond donors (Lipinski definition) is 0. The van der Waals surface area contributed by atoms with Gasteiger partial charge in [0, 0.05) is 50.9 Å². The normalized spacial score (nSPS) is 14.7. The second-order valence-electron chi connectivity index (χ2n) is 11.1. The molecule has 41 heavy (non-hydrogen) atoms. The lowest BCUT2D eigenvalue weighted by molar-refractivity contribution is 0.0843. The fourth-order valence-electron chi connectivity index (χ4n) is 5.28. The number of para-hydroxylation sites is 2. The van der Waals surface area contributed by atoms with E-state index in [1.807, 2.05) is 86.5 Å². The molecule has 0 bridgehead atoms. The number of ether oxygens (including phenoxy) is 1. The Kier molecular flexibility index (Phi) is 10.1. The molecule has 8 nitrogen and oxygen atoms in total. The Hall–Kier alpha value is -3.40. The molecule has 220 valence electrons. The van der Waals surface area contributed by atoms with Crippen molar-refractivity contribution in [3.63, 3.8) is 0 Å². The Morgan fingerprint density at radius 3 is 2.12 bits per heavy atom. The van der Waals surface area contributed by atoms with Gasteiger partial charge < -0.3 is 19.4 Å². The molecule has 0 atom stereocenters. The fourth-order valence-corrected chi connectivity index (χ4v) is 6.74. The molecule has 0 spiro atoms. The van der Waals surface area contributed by atoms with Crippen LogP contribution in [0.2, 0.25) is 0 Å². The second kappa shape index (κ2) is 13.5. The number of hydrogen-bond acceptors (Lipinski definition) is 7. The second-order valence-corrected chi connectivity index (χ2v) is 12.9. The summed E-state index contributed by atoms with van der Waals surface area (Å²) in [7, 11) is 5.63. The standard InChI is InChI=1S/C32H42N4O4S/c1-33(2)24-25-10-16-29(17-11-25)41(38,39)36(30-8-6-7-9-31(30)40-5)23-22-35-20-18-27(19-21-35)32(37)26-12-14-28(15-13-26)34(3)4/h6-17,27H,18-24H2,1-5H3. The highest BCUT2D eigenvalue weighted by atomic mass is 32.2. The molecule has 1 fully saturated rings. The van der Waals surface area contributed by atoms with Gasteiger partial charge >= 0.3 is 0 Å². The third-order valence-electron chi connectivity index (χ3n) is 7.61. The van der Waals surface area contributed by atoms with E-state index in [1.165, 1.54) is 4.31 Å². The van der Waals surface area contributed by atoms with E-state index in [0.29, 0.717) is 18.0 Å². The van der Waals surface area contributed by atoms with Crippen LogP contribution in [0, 0.1) is 5.92 Å². The van der Waals surface area contributed by atoms with Crippen LogP contribution in [-0.4, -0.2) is 85.5 Å². The highest BCUT2D eigenvalue weighted by molar-refractivity contribution is 7.92. The molecule has 0 aliphatic carbocycles. The number of rotatable bonds is 12. The summed E-state index contributed by atoms with van der Waals surface area (Å²) < 4.78 is 34.9. The zero-order valence-electron chi connectivity index (χ0n) is 24.8. The first-order valence-corrected chi connectivity index (χ1v) is 15.5. The summed E-state index contributed by atoms with van der Waals surface area (Å²) in [6, 6.07) is 22.1. The molecule has 3 aromatic carbocycles. The van der Waals surface area contributed by atoms with Crippen LogP contribution in [0.25, 0.3) is 0 Å². The highest BCUT2D eigenvalue weighted by Gasteiger charge is 2.30. The number of benzene rings is 3. The van der Waals surface area contributed by atoms with Crippen LogP contribution in [-0.2, 0) is 16.6 Å². The van der Waals surface area contributed by atoms with E-state index in [9.17, 15) is 13.2 Å². The molecule has 4 rings (SSSR count). The van der Waals surface area contributed by atoms with Crippen molar-refractivity contribution in [3.8, 4) is 5.75 Å².